The number of hydrogen-bond donors (Lipinski definition) is 1. The maximum Gasteiger partial charge on any atom is 0.262 e. The molecule has 3 aliphatic rings. The zero-order chi connectivity index (χ0) is 28.5. The number of aromatic nitrogens is 2. The molecule has 42 heavy (non-hydrogen) atoms. The Hall–Kier alpha value is -5.02. The van der Waals surface area contributed by atoms with Crippen molar-refractivity contribution in [1.29, 1.82) is 0 Å². The van der Waals surface area contributed by atoms with Gasteiger partial charge in [0.25, 0.3) is 11.8 Å². The van der Waals surface area contributed by atoms with E-state index >= 15 is 0 Å². The zero-order valence-electron chi connectivity index (χ0n) is 22.4. The van der Waals surface area contributed by atoms with Crippen molar-refractivity contribution in [2.24, 2.45) is 0 Å². The lowest BCUT2D eigenvalue weighted by Crippen LogP contribution is -2.42. The van der Waals surface area contributed by atoms with Gasteiger partial charge in [-0.3, -0.25) is 24.6 Å². The largest absolute Gasteiger partial charge is 0.381 e. The molecule has 1 aliphatic carbocycles. The van der Waals surface area contributed by atoms with Crippen molar-refractivity contribution in [3.63, 3.8) is 0 Å². The number of benzene rings is 4. The SMILES string of the molecule is O=C1c2c(c3c4ccccc4n4c3c3c2c2ccccc2n3[C@@H]2C[C@H]4[C@@](O)(C[N+](=O)[O-])C2)C(=O)N1Cc1ccccc1. The summed E-state index contributed by atoms with van der Waals surface area (Å²) in [4.78, 5) is 41.4. The maximum absolute atomic E-state index is 14.4. The van der Waals surface area contributed by atoms with Gasteiger partial charge in [0.05, 0.1) is 34.7 Å². The first-order valence-corrected chi connectivity index (χ1v) is 14.1. The van der Waals surface area contributed by atoms with Gasteiger partial charge in [-0.2, -0.15) is 0 Å². The predicted molar refractivity (Wildman–Crippen MR) is 157 cm³/mol. The lowest BCUT2D eigenvalue weighted by atomic mass is 9.95. The molecule has 1 fully saturated rings. The van der Waals surface area contributed by atoms with Crippen molar-refractivity contribution in [2.45, 2.75) is 37.1 Å². The number of rotatable bonds is 4. The Bertz CT molecular complexity index is 2210. The number of aliphatic hydroxyl groups is 1. The minimum Gasteiger partial charge on any atom is -0.381 e. The highest BCUT2D eigenvalue weighted by atomic mass is 16.6. The van der Waals surface area contributed by atoms with Gasteiger partial charge >= 0.3 is 0 Å². The molecule has 2 aliphatic heterocycles. The van der Waals surface area contributed by atoms with Gasteiger partial charge in [-0.05, 0) is 24.1 Å². The summed E-state index contributed by atoms with van der Waals surface area (Å²) in [6, 6.07) is 24.2. The molecule has 0 saturated heterocycles. The van der Waals surface area contributed by atoms with Crippen molar-refractivity contribution < 1.29 is 19.6 Å². The molecule has 0 unspecified atom stereocenters. The molecule has 3 atom stereocenters. The number of nitro groups is 1. The van der Waals surface area contributed by atoms with Crippen LogP contribution in [0.2, 0.25) is 0 Å². The highest BCUT2D eigenvalue weighted by Crippen LogP contribution is 2.56. The van der Waals surface area contributed by atoms with Crippen LogP contribution in [-0.2, 0) is 6.54 Å². The normalized spacial score (nSPS) is 22.7. The molecule has 9 rings (SSSR count). The number of carbonyl (C=O) groups is 2. The monoisotopic (exact) mass is 556 g/mol. The fourth-order valence-corrected chi connectivity index (χ4v) is 8.19. The van der Waals surface area contributed by atoms with E-state index in [1.54, 1.807) is 0 Å². The topological polar surface area (TPSA) is 111 Å². The zero-order valence-corrected chi connectivity index (χ0v) is 22.4. The van der Waals surface area contributed by atoms with E-state index in [2.05, 4.69) is 4.57 Å². The second kappa shape index (κ2) is 7.83. The fraction of sp³-hybridized carbons (Fsp3) is 0.212. The fourth-order valence-electron chi connectivity index (χ4n) is 8.19. The highest BCUT2D eigenvalue weighted by molar-refractivity contribution is 6.39. The van der Waals surface area contributed by atoms with E-state index in [4.69, 9.17) is 0 Å². The van der Waals surface area contributed by atoms with Crippen LogP contribution in [0.1, 0.15) is 51.2 Å². The van der Waals surface area contributed by atoms with Gasteiger partial charge < -0.3 is 14.2 Å². The molecule has 4 heterocycles. The molecular weight excluding hydrogens is 532 g/mol. The van der Waals surface area contributed by atoms with E-state index in [9.17, 15) is 24.8 Å². The first kappa shape index (κ1) is 23.7. The molecule has 6 aromatic rings. The van der Waals surface area contributed by atoms with E-state index in [1.807, 2.05) is 83.4 Å². The number of imide groups is 1. The third-order valence-corrected chi connectivity index (χ3v) is 9.68. The molecule has 1 N–H and O–H groups in total. The number of nitrogens with zero attached hydrogens (tertiary/aromatic N) is 4. The number of hydrogen-bond acceptors (Lipinski definition) is 5. The number of para-hydroxylation sites is 2. The average Bonchev–Trinajstić information content (AvgIpc) is 3.63. The van der Waals surface area contributed by atoms with Crippen molar-refractivity contribution >= 4 is 55.4 Å². The summed E-state index contributed by atoms with van der Waals surface area (Å²) in [6.07, 6.45) is 0.706. The minimum absolute atomic E-state index is 0.154. The van der Waals surface area contributed by atoms with E-state index in [0.717, 1.165) is 43.8 Å². The maximum atomic E-state index is 14.4. The van der Waals surface area contributed by atoms with Crippen LogP contribution < -0.4 is 0 Å². The van der Waals surface area contributed by atoms with Gasteiger partial charge in [0.15, 0.2) is 5.60 Å². The molecule has 206 valence electrons. The lowest BCUT2D eigenvalue weighted by molar-refractivity contribution is -0.502. The molecule has 2 bridgehead atoms. The van der Waals surface area contributed by atoms with Crippen LogP contribution in [0, 0.1) is 10.1 Å². The average molecular weight is 557 g/mol. The van der Waals surface area contributed by atoms with Gasteiger partial charge in [-0.1, -0.05) is 66.7 Å². The van der Waals surface area contributed by atoms with Crippen LogP contribution in [0.25, 0.3) is 43.6 Å². The van der Waals surface area contributed by atoms with Crippen molar-refractivity contribution in [3.05, 3.63) is 106 Å². The summed E-state index contributed by atoms with van der Waals surface area (Å²) in [7, 11) is 0. The van der Waals surface area contributed by atoms with Crippen molar-refractivity contribution in [3.8, 4) is 0 Å². The third kappa shape index (κ3) is 2.76. The molecule has 9 heteroatoms. The van der Waals surface area contributed by atoms with E-state index in [1.165, 1.54) is 4.90 Å². The van der Waals surface area contributed by atoms with E-state index < -0.39 is 23.1 Å². The summed E-state index contributed by atoms with van der Waals surface area (Å²) in [6.45, 7) is -0.422. The Morgan fingerprint density at radius 1 is 0.810 bits per heavy atom. The first-order valence-electron chi connectivity index (χ1n) is 14.1. The molecule has 9 nitrogen and oxygen atoms in total. The van der Waals surface area contributed by atoms with Gasteiger partial charge in [0.2, 0.25) is 6.54 Å². The summed E-state index contributed by atoms with van der Waals surface area (Å²) in [5, 5.41) is 26.9. The van der Waals surface area contributed by atoms with Gasteiger partial charge in [0.1, 0.15) is 0 Å². The summed E-state index contributed by atoms with van der Waals surface area (Å²) in [5.74, 6) is -0.671. The lowest BCUT2D eigenvalue weighted by Gasteiger charge is -2.29. The summed E-state index contributed by atoms with van der Waals surface area (Å²) in [5.41, 5.74) is 3.32. The van der Waals surface area contributed by atoms with Gasteiger partial charge in [-0.15, -0.1) is 0 Å². The summed E-state index contributed by atoms with van der Waals surface area (Å²) < 4.78 is 4.22. The second-order valence-corrected chi connectivity index (χ2v) is 11.9. The molecule has 2 amide bonds. The van der Waals surface area contributed by atoms with Crippen LogP contribution in [0.5, 0.6) is 0 Å². The van der Waals surface area contributed by atoms with Crippen LogP contribution in [-0.4, -0.2) is 48.0 Å². The molecular formula is C33H24N4O5. The van der Waals surface area contributed by atoms with Crippen LogP contribution in [0.4, 0.5) is 0 Å². The number of amides is 2. The molecule has 0 radical (unpaired) electrons. The van der Waals surface area contributed by atoms with E-state index in [0.29, 0.717) is 22.9 Å². The molecule has 1 saturated carbocycles. The van der Waals surface area contributed by atoms with Crippen molar-refractivity contribution in [2.75, 3.05) is 6.54 Å². The van der Waals surface area contributed by atoms with Crippen LogP contribution in [0.15, 0.2) is 78.9 Å². The van der Waals surface area contributed by atoms with Crippen LogP contribution >= 0.6 is 0 Å². The van der Waals surface area contributed by atoms with Crippen LogP contribution in [0.3, 0.4) is 0 Å². The predicted octanol–water partition coefficient (Wildman–Crippen LogP) is 5.60. The Balaban J connectivity index is 1.47. The quantitative estimate of drug-likeness (QED) is 0.173. The second-order valence-electron chi connectivity index (χ2n) is 11.9. The minimum atomic E-state index is -1.59. The first-order chi connectivity index (χ1) is 20.4. The number of fused-ring (bicyclic) bond motifs is 13. The molecule has 0 spiro atoms. The number of carbonyl (C=O) groups excluding carboxylic acids is 2. The third-order valence-electron chi connectivity index (χ3n) is 9.68. The highest BCUT2D eigenvalue weighted by Gasteiger charge is 2.55. The van der Waals surface area contributed by atoms with Gasteiger partial charge in [0, 0.05) is 50.0 Å². The van der Waals surface area contributed by atoms with E-state index in [-0.39, 0.29) is 30.8 Å². The Morgan fingerprint density at radius 3 is 1.98 bits per heavy atom. The molecule has 4 aromatic carbocycles. The smallest absolute Gasteiger partial charge is 0.262 e. The van der Waals surface area contributed by atoms with Crippen molar-refractivity contribution in [1.82, 2.24) is 14.0 Å². The summed E-state index contributed by atoms with van der Waals surface area (Å²) >= 11 is 0. The standard InChI is InChI=1S/C33H24N4O5/c38-31-27-25-20-10-4-6-12-22(20)36-19-14-24(33(40,15-19)17-35(41)42)37-23-13-7-5-11-21(23)26(30(37)29(25)36)28(27)32(39)34(31)16-18-8-2-1-3-9-18/h1-13,19,24,40H,14-17H2/t19-,24+,33+/m1/s1. The van der Waals surface area contributed by atoms with Gasteiger partial charge in [-0.25, -0.2) is 0 Å². The Morgan fingerprint density at radius 2 is 1.36 bits per heavy atom. The molecule has 2 aromatic heterocycles. The Kier molecular flexibility index (Phi) is 4.41. The Labute approximate surface area is 238 Å².